The summed E-state index contributed by atoms with van der Waals surface area (Å²) in [6.45, 7) is 6.22. The van der Waals surface area contributed by atoms with E-state index < -0.39 is 0 Å². The molecule has 0 spiro atoms. The van der Waals surface area contributed by atoms with Gasteiger partial charge in [0, 0.05) is 25.3 Å². The highest BCUT2D eigenvalue weighted by molar-refractivity contribution is 7.80. The SMILES string of the molecule is CCOCCCNC(=S)N/N=C\c1ccc(-c2ccc(C(=O)OCC)cc2)o1. The van der Waals surface area contributed by atoms with Crippen LogP contribution in [0.2, 0.25) is 0 Å². The van der Waals surface area contributed by atoms with Crippen LogP contribution in [0.25, 0.3) is 11.3 Å². The summed E-state index contributed by atoms with van der Waals surface area (Å²) in [5.41, 5.74) is 4.10. The van der Waals surface area contributed by atoms with Crippen LogP contribution in [0.3, 0.4) is 0 Å². The molecule has 1 aromatic heterocycles. The molecule has 0 unspecified atom stereocenters. The van der Waals surface area contributed by atoms with Gasteiger partial charge in [0.05, 0.1) is 18.4 Å². The third-order valence-electron chi connectivity index (χ3n) is 3.62. The van der Waals surface area contributed by atoms with Crippen molar-refractivity contribution < 1.29 is 18.7 Å². The Hall–Kier alpha value is -2.71. The molecule has 0 radical (unpaired) electrons. The predicted octanol–water partition coefficient (Wildman–Crippen LogP) is 3.35. The van der Waals surface area contributed by atoms with E-state index in [2.05, 4.69) is 15.8 Å². The molecule has 28 heavy (non-hydrogen) atoms. The normalized spacial score (nSPS) is 10.8. The lowest BCUT2D eigenvalue weighted by atomic mass is 10.1. The van der Waals surface area contributed by atoms with Crippen molar-refractivity contribution in [3.63, 3.8) is 0 Å². The largest absolute Gasteiger partial charge is 0.462 e. The van der Waals surface area contributed by atoms with Crippen LogP contribution in [0.4, 0.5) is 0 Å². The summed E-state index contributed by atoms with van der Waals surface area (Å²) in [4.78, 5) is 11.7. The van der Waals surface area contributed by atoms with E-state index in [-0.39, 0.29) is 5.97 Å². The van der Waals surface area contributed by atoms with E-state index in [1.54, 1.807) is 31.3 Å². The van der Waals surface area contributed by atoms with Gasteiger partial charge in [-0.3, -0.25) is 5.43 Å². The number of nitrogens with one attached hydrogen (secondary N) is 2. The van der Waals surface area contributed by atoms with Gasteiger partial charge in [0.15, 0.2) is 5.11 Å². The highest BCUT2D eigenvalue weighted by Crippen LogP contribution is 2.22. The second-order valence-corrected chi connectivity index (χ2v) is 6.08. The fourth-order valence-corrected chi connectivity index (χ4v) is 2.43. The molecule has 1 aromatic carbocycles. The molecule has 8 heteroatoms. The van der Waals surface area contributed by atoms with Crippen LogP contribution < -0.4 is 10.7 Å². The predicted molar refractivity (Wildman–Crippen MR) is 113 cm³/mol. The summed E-state index contributed by atoms with van der Waals surface area (Å²) in [7, 11) is 0. The van der Waals surface area contributed by atoms with Gasteiger partial charge in [0.2, 0.25) is 0 Å². The topological polar surface area (TPSA) is 85.1 Å². The first-order valence-corrected chi connectivity index (χ1v) is 9.57. The van der Waals surface area contributed by atoms with Gasteiger partial charge in [-0.05, 0) is 56.8 Å². The third-order valence-corrected chi connectivity index (χ3v) is 3.86. The van der Waals surface area contributed by atoms with Crippen LogP contribution >= 0.6 is 12.2 Å². The van der Waals surface area contributed by atoms with Crippen LogP contribution in [-0.4, -0.2) is 43.7 Å². The smallest absolute Gasteiger partial charge is 0.338 e. The quantitative estimate of drug-likeness (QED) is 0.207. The molecule has 2 N–H and O–H groups in total. The second-order valence-electron chi connectivity index (χ2n) is 5.68. The molecule has 2 rings (SSSR count). The van der Waals surface area contributed by atoms with Crippen molar-refractivity contribution in [2.24, 2.45) is 5.10 Å². The van der Waals surface area contributed by atoms with Gasteiger partial charge in [-0.2, -0.15) is 5.10 Å². The Kier molecular flexibility index (Phi) is 9.17. The van der Waals surface area contributed by atoms with Gasteiger partial charge in [-0.25, -0.2) is 4.79 Å². The van der Waals surface area contributed by atoms with Crippen LogP contribution in [0.15, 0.2) is 45.9 Å². The number of hydrazone groups is 1. The van der Waals surface area contributed by atoms with Crippen LogP contribution in [0.5, 0.6) is 0 Å². The minimum atomic E-state index is -0.338. The monoisotopic (exact) mass is 403 g/mol. The van der Waals surface area contributed by atoms with Crippen molar-refractivity contribution in [3.05, 3.63) is 47.7 Å². The molecule has 0 amide bonds. The number of benzene rings is 1. The maximum absolute atomic E-state index is 11.7. The fourth-order valence-electron chi connectivity index (χ4n) is 2.28. The van der Waals surface area contributed by atoms with E-state index in [4.69, 9.17) is 26.1 Å². The van der Waals surface area contributed by atoms with Crippen molar-refractivity contribution >= 4 is 29.5 Å². The Labute approximate surface area is 170 Å². The summed E-state index contributed by atoms with van der Waals surface area (Å²) in [5.74, 6) is 0.916. The maximum Gasteiger partial charge on any atom is 0.338 e. The zero-order chi connectivity index (χ0) is 20.2. The van der Waals surface area contributed by atoms with Crippen LogP contribution in [0.1, 0.15) is 36.4 Å². The number of carbonyl (C=O) groups excluding carboxylic acids is 1. The summed E-state index contributed by atoms with van der Waals surface area (Å²) < 4.78 is 16.0. The number of carbonyl (C=O) groups is 1. The Morgan fingerprint density at radius 1 is 1.18 bits per heavy atom. The van der Waals surface area contributed by atoms with E-state index in [1.165, 1.54) is 0 Å². The Balaban J connectivity index is 1.82. The number of hydrogen-bond donors (Lipinski definition) is 2. The van der Waals surface area contributed by atoms with Crippen molar-refractivity contribution in [3.8, 4) is 11.3 Å². The summed E-state index contributed by atoms with van der Waals surface area (Å²) in [5, 5.41) is 7.54. The van der Waals surface area contributed by atoms with Gasteiger partial charge in [-0.15, -0.1) is 0 Å². The Morgan fingerprint density at radius 3 is 2.68 bits per heavy atom. The first-order chi connectivity index (χ1) is 13.6. The van der Waals surface area contributed by atoms with Gasteiger partial charge in [0.1, 0.15) is 11.5 Å². The molecule has 0 fully saturated rings. The van der Waals surface area contributed by atoms with E-state index in [1.807, 2.05) is 25.1 Å². The van der Waals surface area contributed by atoms with E-state index in [0.717, 1.165) is 12.0 Å². The third kappa shape index (κ3) is 7.13. The standard InChI is InChI=1S/C20H25N3O4S/c1-3-25-13-5-12-21-20(28)23-22-14-17-10-11-18(27-17)15-6-8-16(9-7-15)19(24)26-4-2/h6-11,14H,3-5,12-13H2,1-2H3,(H2,21,23,28)/b22-14-. The molecule has 0 saturated heterocycles. The van der Waals surface area contributed by atoms with Crippen LogP contribution in [0, 0.1) is 0 Å². The van der Waals surface area contributed by atoms with E-state index in [9.17, 15) is 4.79 Å². The highest BCUT2D eigenvalue weighted by atomic mass is 32.1. The Bertz CT molecular complexity index is 787. The average Bonchev–Trinajstić information content (AvgIpc) is 3.17. The molecule has 0 aliphatic rings. The molecular weight excluding hydrogens is 378 g/mol. The number of furan rings is 1. The van der Waals surface area contributed by atoms with E-state index >= 15 is 0 Å². The van der Waals surface area contributed by atoms with Crippen molar-refractivity contribution in [1.29, 1.82) is 0 Å². The first-order valence-electron chi connectivity index (χ1n) is 9.16. The van der Waals surface area contributed by atoms with E-state index in [0.29, 0.717) is 48.6 Å². The number of ether oxygens (including phenoxy) is 2. The van der Waals surface area contributed by atoms with Crippen molar-refractivity contribution in [1.82, 2.24) is 10.7 Å². The average molecular weight is 404 g/mol. The summed E-state index contributed by atoms with van der Waals surface area (Å²) in [6, 6.07) is 10.7. The molecule has 0 saturated carbocycles. The highest BCUT2D eigenvalue weighted by Gasteiger charge is 2.08. The lowest BCUT2D eigenvalue weighted by Gasteiger charge is -2.06. The summed E-state index contributed by atoms with van der Waals surface area (Å²) in [6.07, 6.45) is 2.42. The van der Waals surface area contributed by atoms with Gasteiger partial charge < -0.3 is 19.2 Å². The molecule has 0 aliphatic carbocycles. The van der Waals surface area contributed by atoms with Gasteiger partial charge in [0.25, 0.3) is 0 Å². The minimum absolute atomic E-state index is 0.338. The lowest BCUT2D eigenvalue weighted by molar-refractivity contribution is 0.0526. The van der Waals surface area contributed by atoms with Crippen molar-refractivity contribution in [2.45, 2.75) is 20.3 Å². The zero-order valence-corrected chi connectivity index (χ0v) is 16.9. The molecule has 7 nitrogen and oxygen atoms in total. The molecule has 0 bridgehead atoms. The first kappa shape index (κ1) is 21.6. The molecule has 0 aliphatic heterocycles. The fraction of sp³-hybridized carbons (Fsp3) is 0.350. The van der Waals surface area contributed by atoms with Gasteiger partial charge in [-0.1, -0.05) is 12.1 Å². The number of hydrogen-bond acceptors (Lipinski definition) is 6. The number of esters is 1. The second kappa shape index (κ2) is 11.9. The maximum atomic E-state index is 11.7. The molecule has 1 heterocycles. The molecule has 150 valence electrons. The number of rotatable bonds is 10. The zero-order valence-electron chi connectivity index (χ0n) is 16.1. The lowest BCUT2D eigenvalue weighted by Crippen LogP contribution is -2.33. The minimum Gasteiger partial charge on any atom is -0.462 e. The molecule has 0 atom stereocenters. The summed E-state index contributed by atoms with van der Waals surface area (Å²) >= 11 is 5.14. The van der Waals surface area contributed by atoms with Crippen LogP contribution in [-0.2, 0) is 9.47 Å². The number of nitrogens with zero attached hydrogens (tertiary/aromatic N) is 1. The van der Waals surface area contributed by atoms with Gasteiger partial charge >= 0.3 is 5.97 Å². The van der Waals surface area contributed by atoms with Crippen molar-refractivity contribution in [2.75, 3.05) is 26.4 Å². The molecule has 2 aromatic rings. The Morgan fingerprint density at radius 2 is 1.96 bits per heavy atom. The molecular formula is C20H25N3O4S. The number of thiocarbonyl (C=S) groups is 1.